The SMILES string of the molecule is O=C(/C=C/c1cccc2ccccc12)N1CCC(NS(=O)(=O)c2ccccc2)CC1. The van der Waals surface area contributed by atoms with Crippen LogP contribution in [0.4, 0.5) is 0 Å². The van der Waals surface area contributed by atoms with Gasteiger partial charge in [-0.3, -0.25) is 4.79 Å². The van der Waals surface area contributed by atoms with E-state index >= 15 is 0 Å². The van der Waals surface area contributed by atoms with Gasteiger partial charge in [0.15, 0.2) is 0 Å². The fourth-order valence-electron chi connectivity index (χ4n) is 3.77. The van der Waals surface area contributed by atoms with Gasteiger partial charge >= 0.3 is 0 Å². The van der Waals surface area contributed by atoms with Crippen LogP contribution in [0.2, 0.25) is 0 Å². The first-order valence-electron chi connectivity index (χ1n) is 10.0. The highest BCUT2D eigenvalue weighted by molar-refractivity contribution is 7.89. The van der Waals surface area contributed by atoms with Gasteiger partial charge in [-0.2, -0.15) is 0 Å². The molecule has 1 heterocycles. The first-order valence-corrected chi connectivity index (χ1v) is 11.5. The van der Waals surface area contributed by atoms with Crippen LogP contribution in [-0.4, -0.2) is 38.4 Å². The molecule has 1 saturated heterocycles. The van der Waals surface area contributed by atoms with E-state index in [-0.39, 0.29) is 16.8 Å². The van der Waals surface area contributed by atoms with E-state index in [9.17, 15) is 13.2 Å². The van der Waals surface area contributed by atoms with Gasteiger partial charge in [0.2, 0.25) is 15.9 Å². The zero-order chi connectivity index (χ0) is 21.0. The fraction of sp³-hybridized carbons (Fsp3) is 0.208. The Morgan fingerprint density at radius 3 is 2.33 bits per heavy atom. The molecule has 0 saturated carbocycles. The van der Waals surface area contributed by atoms with E-state index in [0.29, 0.717) is 25.9 Å². The van der Waals surface area contributed by atoms with E-state index in [1.54, 1.807) is 41.3 Å². The minimum Gasteiger partial charge on any atom is -0.339 e. The molecule has 4 rings (SSSR count). The number of sulfonamides is 1. The predicted octanol–water partition coefficient (Wildman–Crippen LogP) is 3.82. The van der Waals surface area contributed by atoms with Gasteiger partial charge in [0.25, 0.3) is 0 Å². The van der Waals surface area contributed by atoms with Crippen LogP contribution in [0.25, 0.3) is 16.8 Å². The number of fused-ring (bicyclic) bond motifs is 1. The smallest absolute Gasteiger partial charge is 0.246 e. The van der Waals surface area contributed by atoms with Crippen LogP contribution >= 0.6 is 0 Å². The number of nitrogens with zero attached hydrogens (tertiary/aromatic N) is 1. The van der Waals surface area contributed by atoms with Crippen molar-refractivity contribution in [3.8, 4) is 0 Å². The number of piperidine rings is 1. The third-order valence-electron chi connectivity index (χ3n) is 5.41. The number of carbonyl (C=O) groups is 1. The molecule has 3 aromatic rings. The van der Waals surface area contributed by atoms with E-state index in [1.807, 2.05) is 36.4 Å². The van der Waals surface area contributed by atoms with Gasteiger partial charge in [0, 0.05) is 25.2 Å². The highest BCUT2D eigenvalue weighted by Crippen LogP contribution is 2.20. The molecule has 0 aromatic heterocycles. The normalized spacial score (nSPS) is 15.7. The number of likely N-dealkylation sites (tertiary alicyclic amines) is 1. The Kier molecular flexibility index (Phi) is 5.97. The summed E-state index contributed by atoms with van der Waals surface area (Å²) in [6.07, 6.45) is 4.66. The van der Waals surface area contributed by atoms with Crippen LogP contribution < -0.4 is 4.72 Å². The van der Waals surface area contributed by atoms with Gasteiger partial charge in [0.1, 0.15) is 0 Å². The summed E-state index contributed by atoms with van der Waals surface area (Å²) in [5.74, 6) is -0.0488. The number of carbonyl (C=O) groups excluding carboxylic acids is 1. The first kappa shape index (κ1) is 20.3. The predicted molar refractivity (Wildman–Crippen MR) is 119 cm³/mol. The zero-order valence-electron chi connectivity index (χ0n) is 16.6. The van der Waals surface area contributed by atoms with Crippen LogP contribution in [0, 0.1) is 0 Å². The minimum atomic E-state index is -3.53. The maximum absolute atomic E-state index is 12.6. The molecule has 30 heavy (non-hydrogen) atoms. The van der Waals surface area contributed by atoms with Crippen molar-refractivity contribution in [2.75, 3.05) is 13.1 Å². The van der Waals surface area contributed by atoms with Crippen LogP contribution in [0.5, 0.6) is 0 Å². The van der Waals surface area contributed by atoms with Crippen molar-refractivity contribution in [1.29, 1.82) is 0 Å². The van der Waals surface area contributed by atoms with Gasteiger partial charge in [-0.1, -0.05) is 60.7 Å². The van der Waals surface area contributed by atoms with Crippen molar-refractivity contribution < 1.29 is 13.2 Å². The highest BCUT2D eigenvalue weighted by atomic mass is 32.2. The van der Waals surface area contributed by atoms with Crippen molar-refractivity contribution in [1.82, 2.24) is 9.62 Å². The molecule has 6 heteroatoms. The third-order valence-corrected chi connectivity index (χ3v) is 6.95. The first-order chi connectivity index (χ1) is 14.5. The van der Waals surface area contributed by atoms with Gasteiger partial charge in [-0.05, 0) is 47.4 Å². The minimum absolute atomic E-state index is 0.0488. The maximum atomic E-state index is 12.6. The van der Waals surface area contributed by atoms with Crippen molar-refractivity contribution in [2.45, 2.75) is 23.8 Å². The zero-order valence-corrected chi connectivity index (χ0v) is 17.4. The Bertz CT molecular complexity index is 1160. The van der Waals surface area contributed by atoms with Crippen LogP contribution in [0.1, 0.15) is 18.4 Å². The Hall–Kier alpha value is -2.96. The largest absolute Gasteiger partial charge is 0.339 e. The molecular formula is C24H24N2O3S. The lowest BCUT2D eigenvalue weighted by atomic mass is 10.0. The van der Waals surface area contributed by atoms with E-state index < -0.39 is 10.0 Å². The molecule has 1 N–H and O–H groups in total. The van der Waals surface area contributed by atoms with Crippen molar-refractivity contribution >= 4 is 32.8 Å². The molecule has 0 radical (unpaired) electrons. The molecule has 1 amide bonds. The van der Waals surface area contributed by atoms with Crippen LogP contribution in [0.15, 0.2) is 83.8 Å². The van der Waals surface area contributed by atoms with Gasteiger partial charge < -0.3 is 4.90 Å². The summed E-state index contributed by atoms with van der Waals surface area (Å²) in [5, 5.41) is 2.25. The molecule has 5 nitrogen and oxygen atoms in total. The summed E-state index contributed by atoms with van der Waals surface area (Å²) in [5.41, 5.74) is 1.01. The molecule has 154 valence electrons. The van der Waals surface area contributed by atoms with E-state index in [4.69, 9.17) is 0 Å². The quantitative estimate of drug-likeness (QED) is 0.638. The molecule has 0 atom stereocenters. The van der Waals surface area contributed by atoms with Crippen molar-refractivity contribution in [3.05, 3.63) is 84.4 Å². The molecule has 1 aliphatic heterocycles. The molecule has 0 spiro atoms. The summed E-state index contributed by atoms with van der Waals surface area (Å²) < 4.78 is 27.7. The molecule has 1 fully saturated rings. The van der Waals surface area contributed by atoms with Crippen molar-refractivity contribution in [3.63, 3.8) is 0 Å². The number of hydrogen-bond donors (Lipinski definition) is 1. The number of benzene rings is 3. The lowest BCUT2D eigenvalue weighted by Gasteiger charge is -2.31. The van der Waals surface area contributed by atoms with E-state index in [0.717, 1.165) is 16.3 Å². The Balaban J connectivity index is 1.36. The maximum Gasteiger partial charge on any atom is 0.246 e. The molecule has 0 unspecified atom stereocenters. The Morgan fingerprint density at radius 1 is 0.900 bits per heavy atom. The molecule has 0 bridgehead atoms. The molecule has 1 aliphatic rings. The monoisotopic (exact) mass is 420 g/mol. The van der Waals surface area contributed by atoms with Crippen LogP contribution in [-0.2, 0) is 14.8 Å². The second kappa shape index (κ2) is 8.81. The second-order valence-corrected chi connectivity index (χ2v) is 9.15. The number of amides is 1. The number of rotatable bonds is 5. The molecule has 0 aliphatic carbocycles. The van der Waals surface area contributed by atoms with E-state index in [1.165, 1.54) is 0 Å². The standard InChI is InChI=1S/C24H24N2O3S/c27-24(14-13-20-9-6-8-19-7-4-5-12-23(19)20)26-17-15-21(16-18-26)25-30(28,29)22-10-2-1-3-11-22/h1-14,21,25H,15-18H2/b14-13+. The van der Waals surface area contributed by atoms with Gasteiger partial charge in [0.05, 0.1) is 4.90 Å². The molecule has 3 aromatic carbocycles. The van der Waals surface area contributed by atoms with Gasteiger partial charge in [-0.25, -0.2) is 13.1 Å². The fourth-order valence-corrected chi connectivity index (χ4v) is 5.09. The lowest BCUT2D eigenvalue weighted by Crippen LogP contribution is -2.46. The lowest BCUT2D eigenvalue weighted by molar-refractivity contribution is -0.126. The second-order valence-electron chi connectivity index (χ2n) is 7.44. The topological polar surface area (TPSA) is 66.5 Å². The van der Waals surface area contributed by atoms with E-state index in [2.05, 4.69) is 16.9 Å². The summed E-state index contributed by atoms with van der Waals surface area (Å²) >= 11 is 0. The highest BCUT2D eigenvalue weighted by Gasteiger charge is 2.25. The Labute approximate surface area is 177 Å². The summed E-state index contributed by atoms with van der Waals surface area (Å²) in [6.45, 7) is 1.06. The Morgan fingerprint density at radius 2 is 1.57 bits per heavy atom. The molecular weight excluding hydrogens is 396 g/mol. The van der Waals surface area contributed by atoms with Gasteiger partial charge in [-0.15, -0.1) is 0 Å². The number of hydrogen-bond acceptors (Lipinski definition) is 3. The van der Waals surface area contributed by atoms with Crippen molar-refractivity contribution in [2.24, 2.45) is 0 Å². The average Bonchev–Trinajstić information content (AvgIpc) is 2.78. The third kappa shape index (κ3) is 4.61. The number of nitrogens with one attached hydrogen (secondary N) is 1. The summed E-state index contributed by atoms with van der Waals surface area (Å²) in [4.78, 5) is 14.7. The van der Waals surface area contributed by atoms with Crippen LogP contribution in [0.3, 0.4) is 0 Å². The summed E-state index contributed by atoms with van der Waals surface area (Å²) in [6, 6.07) is 22.3. The average molecular weight is 421 g/mol. The summed E-state index contributed by atoms with van der Waals surface area (Å²) in [7, 11) is -3.53.